The van der Waals surface area contributed by atoms with Gasteiger partial charge in [0, 0.05) is 26.3 Å². The van der Waals surface area contributed by atoms with E-state index >= 15 is 0 Å². The van der Waals surface area contributed by atoms with Crippen molar-refractivity contribution < 1.29 is 19.0 Å². The lowest BCUT2D eigenvalue weighted by Gasteiger charge is -2.31. The van der Waals surface area contributed by atoms with Crippen LogP contribution in [0.4, 0.5) is 4.39 Å². The molecule has 1 aliphatic rings. The summed E-state index contributed by atoms with van der Waals surface area (Å²) in [5.41, 5.74) is 0.00370. The lowest BCUT2D eigenvalue weighted by molar-refractivity contribution is 0.0360. The van der Waals surface area contributed by atoms with E-state index in [2.05, 4.69) is 0 Å². The summed E-state index contributed by atoms with van der Waals surface area (Å²) in [6, 6.07) is 3.46. The fourth-order valence-electron chi connectivity index (χ4n) is 2.11. The summed E-state index contributed by atoms with van der Waals surface area (Å²) in [6.07, 6.45) is 1.52. The standard InChI is InChI=1S/C13H16FNO3/c1-15(10-4-6-18-7-5-10)13(17)11-8-9(14)2-3-12(11)16/h2-3,8,10,16H,4-7H2,1H3. The molecule has 0 atom stereocenters. The zero-order valence-electron chi connectivity index (χ0n) is 10.2. The molecular formula is C13H16FNO3. The topological polar surface area (TPSA) is 49.8 Å². The van der Waals surface area contributed by atoms with Gasteiger partial charge in [-0.15, -0.1) is 0 Å². The second kappa shape index (κ2) is 5.35. The van der Waals surface area contributed by atoms with Crippen molar-refractivity contribution in [2.24, 2.45) is 0 Å². The summed E-state index contributed by atoms with van der Waals surface area (Å²) >= 11 is 0. The summed E-state index contributed by atoms with van der Waals surface area (Å²) in [4.78, 5) is 13.7. The first-order valence-electron chi connectivity index (χ1n) is 5.93. The fourth-order valence-corrected chi connectivity index (χ4v) is 2.11. The van der Waals surface area contributed by atoms with Crippen molar-refractivity contribution in [3.8, 4) is 5.75 Å². The van der Waals surface area contributed by atoms with E-state index in [9.17, 15) is 14.3 Å². The minimum absolute atomic E-state index is 0.00370. The maximum Gasteiger partial charge on any atom is 0.257 e. The van der Waals surface area contributed by atoms with Gasteiger partial charge < -0.3 is 14.7 Å². The summed E-state index contributed by atoms with van der Waals surface area (Å²) in [6.45, 7) is 1.24. The molecule has 98 valence electrons. The Labute approximate surface area is 105 Å². The van der Waals surface area contributed by atoms with Crippen LogP contribution in [0, 0.1) is 5.82 Å². The average molecular weight is 253 g/mol. The van der Waals surface area contributed by atoms with Gasteiger partial charge >= 0.3 is 0 Å². The third-order valence-corrected chi connectivity index (χ3v) is 3.25. The maximum atomic E-state index is 13.1. The Bertz CT molecular complexity index is 444. The van der Waals surface area contributed by atoms with Crippen LogP contribution in [0.15, 0.2) is 18.2 Å². The number of hydrogen-bond donors (Lipinski definition) is 1. The van der Waals surface area contributed by atoms with E-state index in [0.717, 1.165) is 25.0 Å². The molecule has 18 heavy (non-hydrogen) atoms. The zero-order chi connectivity index (χ0) is 13.1. The smallest absolute Gasteiger partial charge is 0.257 e. The van der Waals surface area contributed by atoms with E-state index in [4.69, 9.17) is 4.74 Å². The number of hydrogen-bond acceptors (Lipinski definition) is 3. The molecule has 1 heterocycles. The molecule has 0 saturated carbocycles. The predicted molar refractivity (Wildman–Crippen MR) is 64.0 cm³/mol. The highest BCUT2D eigenvalue weighted by Crippen LogP contribution is 2.22. The third kappa shape index (κ3) is 2.61. The van der Waals surface area contributed by atoms with Crippen molar-refractivity contribution in [1.82, 2.24) is 4.90 Å². The Hall–Kier alpha value is -1.62. The number of aromatic hydroxyl groups is 1. The fraction of sp³-hybridized carbons (Fsp3) is 0.462. The number of rotatable bonds is 2. The van der Waals surface area contributed by atoms with Crippen LogP contribution in [0.1, 0.15) is 23.2 Å². The van der Waals surface area contributed by atoms with E-state index in [-0.39, 0.29) is 23.3 Å². The first kappa shape index (κ1) is 12.8. The Morgan fingerprint density at radius 1 is 1.44 bits per heavy atom. The van der Waals surface area contributed by atoms with Crippen molar-refractivity contribution in [2.75, 3.05) is 20.3 Å². The first-order valence-corrected chi connectivity index (χ1v) is 5.93. The van der Waals surface area contributed by atoms with Crippen LogP contribution in [-0.4, -0.2) is 42.2 Å². The Morgan fingerprint density at radius 2 is 2.11 bits per heavy atom. The van der Waals surface area contributed by atoms with Gasteiger partial charge in [0.05, 0.1) is 5.56 Å². The van der Waals surface area contributed by atoms with Crippen LogP contribution in [0.3, 0.4) is 0 Å². The number of ether oxygens (including phenoxy) is 1. The first-order chi connectivity index (χ1) is 8.59. The number of phenols is 1. The van der Waals surface area contributed by atoms with E-state index < -0.39 is 5.82 Å². The number of carbonyl (C=O) groups excluding carboxylic acids is 1. The van der Waals surface area contributed by atoms with Gasteiger partial charge in [-0.25, -0.2) is 4.39 Å². The normalized spacial score (nSPS) is 16.6. The van der Waals surface area contributed by atoms with Crippen molar-refractivity contribution in [3.63, 3.8) is 0 Å². The Balaban J connectivity index is 2.16. The molecule has 0 radical (unpaired) electrons. The lowest BCUT2D eigenvalue weighted by Crippen LogP contribution is -2.40. The van der Waals surface area contributed by atoms with Crippen LogP contribution in [-0.2, 0) is 4.74 Å². The largest absolute Gasteiger partial charge is 0.507 e. The number of carbonyl (C=O) groups is 1. The molecule has 0 unspecified atom stereocenters. The van der Waals surface area contributed by atoms with Gasteiger partial charge in [0.1, 0.15) is 11.6 Å². The maximum absolute atomic E-state index is 13.1. The van der Waals surface area contributed by atoms with Crippen molar-refractivity contribution in [2.45, 2.75) is 18.9 Å². The second-order valence-corrected chi connectivity index (χ2v) is 4.42. The highest BCUT2D eigenvalue weighted by molar-refractivity contribution is 5.96. The third-order valence-electron chi connectivity index (χ3n) is 3.25. The van der Waals surface area contributed by atoms with Gasteiger partial charge in [-0.2, -0.15) is 0 Å². The van der Waals surface area contributed by atoms with E-state index in [1.165, 1.54) is 6.07 Å². The molecule has 4 nitrogen and oxygen atoms in total. The molecule has 0 spiro atoms. The summed E-state index contributed by atoms with van der Waals surface area (Å²) in [5.74, 6) is -1.09. The van der Waals surface area contributed by atoms with Crippen molar-refractivity contribution in [1.29, 1.82) is 0 Å². The Morgan fingerprint density at radius 3 is 2.78 bits per heavy atom. The predicted octanol–water partition coefficient (Wildman–Crippen LogP) is 1.78. The van der Waals surface area contributed by atoms with Crippen molar-refractivity contribution in [3.05, 3.63) is 29.6 Å². The molecule has 1 saturated heterocycles. The van der Waals surface area contributed by atoms with Gasteiger partial charge in [-0.05, 0) is 31.0 Å². The van der Waals surface area contributed by atoms with Gasteiger partial charge in [0.2, 0.25) is 0 Å². The van der Waals surface area contributed by atoms with Gasteiger partial charge in [-0.1, -0.05) is 0 Å². The zero-order valence-corrected chi connectivity index (χ0v) is 10.2. The summed E-state index contributed by atoms with van der Waals surface area (Å²) < 4.78 is 18.3. The summed E-state index contributed by atoms with van der Waals surface area (Å²) in [5, 5.41) is 9.61. The van der Waals surface area contributed by atoms with E-state index in [1.54, 1.807) is 11.9 Å². The van der Waals surface area contributed by atoms with Crippen LogP contribution < -0.4 is 0 Å². The SMILES string of the molecule is CN(C(=O)c1cc(F)ccc1O)C1CCOCC1. The molecule has 0 aliphatic carbocycles. The number of nitrogens with zero attached hydrogens (tertiary/aromatic N) is 1. The molecule has 0 bridgehead atoms. The number of phenolic OH excluding ortho intramolecular Hbond substituents is 1. The molecule has 0 aromatic heterocycles. The average Bonchev–Trinajstić information content (AvgIpc) is 2.41. The molecule has 2 rings (SSSR count). The quantitative estimate of drug-likeness (QED) is 0.874. The molecule has 1 aromatic carbocycles. The number of benzene rings is 1. The molecule has 1 N–H and O–H groups in total. The van der Waals surface area contributed by atoms with Gasteiger partial charge in [-0.3, -0.25) is 4.79 Å². The molecule has 5 heteroatoms. The molecule has 1 aromatic rings. The lowest BCUT2D eigenvalue weighted by atomic mass is 10.1. The minimum atomic E-state index is -0.531. The molecular weight excluding hydrogens is 237 g/mol. The summed E-state index contributed by atoms with van der Waals surface area (Å²) in [7, 11) is 1.67. The number of amides is 1. The van der Waals surface area contributed by atoms with Gasteiger partial charge in [0.15, 0.2) is 0 Å². The molecule has 1 fully saturated rings. The highest BCUT2D eigenvalue weighted by atomic mass is 19.1. The van der Waals surface area contributed by atoms with E-state index in [1.807, 2.05) is 0 Å². The van der Waals surface area contributed by atoms with Crippen molar-refractivity contribution >= 4 is 5.91 Å². The van der Waals surface area contributed by atoms with Crippen LogP contribution in [0.2, 0.25) is 0 Å². The number of halogens is 1. The highest BCUT2D eigenvalue weighted by Gasteiger charge is 2.25. The second-order valence-electron chi connectivity index (χ2n) is 4.42. The Kier molecular flexibility index (Phi) is 3.81. The van der Waals surface area contributed by atoms with Gasteiger partial charge in [0.25, 0.3) is 5.91 Å². The van der Waals surface area contributed by atoms with Crippen LogP contribution in [0.5, 0.6) is 5.75 Å². The van der Waals surface area contributed by atoms with Crippen LogP contribution >= 0.6 is 0 Å². The molecule has 1 aliphatic heterocycles. The monoisotopic (exact) mass is 253 g/mol. The minimum Gasteiger partial charge on any atom is -0.507 e. The van der Waals surface area contributed by atoms with Crippen LogP contribution in [0.25, 0.3) is 0 Å². The molecule has 1 amide bonds. The van der Waals surface area contributed by atoms with E-state index in [0.29, 0.717) is 13.2 Å².